The molecule has 7 heteroatoms. The molecule has 4 nitrogen and oxygen atoms in total. The van der Waals surface area contributed by atoms with E-state index in [1.165, 1.54) is 29.8 Å². The number of methoxy groups -OCH3 is 1. The highest BCUT2D eigenvalue weighted by Crippen LogP contribution is 2.31. The molecule has 0 aliphatic rings. The van der Waals surface area contributed by atoms with Crippen LogP contribution in [0.5, 0.6) is 0 Å². The molecule has 0 bridgehead atoms. The Morgan fingerprint density at radius 2 is 2.14 bits per heavy atom. The monoisotopic (exact) mass is 328 g/mol. The average molecular weight is 328 g/mol. The van der Waals surface area contributed by atoms with E-state index in [9.17, 15) is 9.18 Å². The molecule has 0 radical (unpaired) electrons. The molecule has 0 saturated heterocycles. The van der Waals surface area contributed by atoms with Gasteiger partial charge in [0.25, 0.3) is 0 Å². The van der Waals surface area contributed by atoms with Gasteiger partial charge in [0.2, 0.25) is 0 Å². The molecule has 0 amide bonds. The molecule has 21 heavy (non-hydrogen) atoms. The van der Waals surface area contributed by atoms with Crippen molar-refractivity contribution in [1.29, 1.82) is 0 Å². The van der Waals surface area contributed by atoms with Gasteiger partial charge in [0, 0.05) is 11.6 Å². The van der Waals surface area contributed by atoms with E-state index in [0.717, 1.165) is 5.01 Å². The van der Waals surface area contributed by atoms with Crippen molar-refractivity contribution < 1.29 is 13.9 Å². The Kier molecular flexibility index (Phi) is 7.18. The van der Waals surface area contributed by atoms with E-state index < -0.39 is 12.6 Å². The number of carbonyl (C=O) groups is 1. The van der Waals surface area contributed by atoms with Gasteiger partial charge in [-0.3, -0.25) is 0 Å². The quantitative estimate of drug-likeness (QED) is 0.778. The first-order chi connectivity index (χ1) is 10.2. The van der Waals surface area contributed by atoms with Crippen LogP contribution in [-0.4, -0.2) is 29.7 Å². The van der Waals surface area contributed by atoms with Crippen molar-refractivity contribution in [3.63, 3.8) is 0 Å². The van der Waals surface area contributed by atoms with Crippen molar-refractivity contribution in [3.05, 3.63) is 27.7 Å². The number of thiazole rings is 2. The summed E-state index contributed by atoms with van der Waals surface area (Å²) in [5.41, 5.74) is 0.727. The summed E-state index contributed by atoms with van der Waals surface area (Å²) in [7, 11) is 1.29. The molecule has 0 saturated carbocycles. The third-order valence-corrected chi connectivity index (χ3v) is 4.15. The van der Waals surface area contributed by atoms with E-state index in [4.69, 9.17) is 0 Å². The Hall–Kier alpha value is -1.60. The molecule has 2 rings (SSSR count). The summed E-state index contributed by atoms with van der Waals surface area (Å²) in [6.07, 6.45) is 3.28. The van der Waals surface area contributed by atoms with E-state index in [1.54, 1.807) is 19.2 Å². The first kappa shape index (κ1) is 17.5. The summed E-state index contributed by atoms with van der Waals surface area (Å²) in [6, 6.07) is 0. The van der Waals surface area contributed by atoms with Gasteiger partial charge in [-0.2, -0.15) is 0 Å². The van der Waals surface area contributed by atoms with Crippen LogP contribution in [-0.2, 0) is 4.74 Å². The number of esters is 1. The zero-order chi connectivity index (χ0) is 15.8. The van der Waals surface area contributed by atoms with E-state index in [0.29, 0.717) is 15.5 Å². The Morgan fingerprint density at radius 1 is 1.43 bits per heavy atom. The van der Waals surface area contributed by atoms with Gasteiger partial charge in [0.05, 0.1) is 12.0 Å². The maximum atomic E-state index is 12.6. The standard InChI is InChI=1S/C12H11FN2O2S2.C2H6/c1-7(6-13)5-8-9(12(16)17-2)15-11(19-8)10-14-3-4-18-10;1-2/h3-5H,6H2,1-2H3;1-2H3/b7-5+;. The topological polar surface area (TPSA) is 52.1 Å². The molecule has 0 aliphatic heterocycles. The fourth-order valence-electron chi connectivity index (χ4n) is 1.36. The van der Waals surface area contributed by atoms with Gasteiger partial charge in [-0.05, 0) is 18.6 Å². The third kappa shape index (κ3) is 4.44. The minimum atomic E-state index is -0.564. The van der Waals surface area contributed by atoms with Gasteiger partial charge >= 0.3 is 5.97 Å². The van der Waals surface area contributed by atoms with Crippen LogP contribution in [0.4, 0.5) is 4.39 Å². The number of allylic oxidation sites excluding steroid dienone is 1. The highest BCUT2D eigenvalue weighted by Gasteiger charge is 2.19. The summed E-state index contributed by atoms with van der Waals surface area (Å²) < 4.78 is 17.2. The van der Waals surface area contributed by atoms with Crippen molar-refractivity contribution in [3.8, 4) is 10.0 Å². The summed E-state index contributed by atoms with van der Waals surface area (Å²) in [6.45, 7) is 5.09. The summed E-state index contributed by atoms with van der Waals surface area (Å²) in [5.74, 6) is -0.531. The molecule has 0 spiro atoms. The van der Waals surface area contributed by atoms with Crippen molar-refractivity contribution in [2.45, 2.75) is 20.8 Å². The fraction of sp³-hybridized carbons (Fsp3) is 0.357. The second-order valence-corrected chi connectivity index (χ2v) is 5.61. The van der Waals surface area contributed by atoms with Crippen LogP contribution in [0.25, 0.3) is 16.1 Å². The summed E-state index contributed by atoms with van der Waals surface area (Å²) in [4.78, 5) is 20.6. The predicted molar refractivity (Wildman–Crippen MR) is 85.5 cm³/mol. The lowest BCUT2D eigenvalue weighted by Crippen LogP contribution is -2.03. The predicted octanol–water partition coefficient (Wildman–Crippen LogP) is 4.45. The van der Waals surface area contributed by atoms with Crippen molar-refractivity contribution >= 4 is 34.7 Å². The third-order valence-electron chi connectivity index (χ3n) is 2.24. The van der Waals surface area contributed by atoms with Gasteiger partial charge in [-0.25, -0.2) is 19.2 Å². The minimum Gasteiger partial charge on any atom is -0.464 e. The average Bonchev–Trinajstić information content (AvgIpc) is 3.17. The Balaban J connectivity index is 0.00000106. The molecule has 2 heterocycles. The first-order valence-corrected chi connectivity index (χ1v) is 8.07. The van der Waals surface area contributed by atoms with Crippen LogP contribution in [0.3, 0.4) is 0 Å². The smallest absolute Gasteiger partial charge is 0.358 e. The van der Waals surface area contributed by atoms with E-state index >= 15 is 0 Å². The molecule has 0 N–H and O–H groups in total. The van der Waals surface area contributed by atoms with Gasteiger partial charge in [0.1, 0.15) is 6.67 Å². The number of rotatable bonds is 4. The van der Waals surface area contributed by atoms with Crippen LogP contribution in [0.1, 0.15) is 36.1 Å². The van der Waals surface area contributed by atoms with Crippen LogP contribution in [0.15, 0.2) is 17.2 Å². The molecule has 0 atom stereocenters. The molecule has 0 fully saturated rings. The Bertz CT molecular complexity index is 607. The second kappa shape index (κ2) is 8.63. The number of halogens is 1. The zero-order valence-corrected chi connectivity index (χ0v) is 14.0. The number of aromatic nitrogens is 2. The minimum absolute atomic E-state index is 0.200. The van der Waals surface area contributed by atoms with Crippen LogP contribution in [0, 0.1) is 0 Å². The van der Waals surface area contributed by atoms with Gasteiger partial charge < -0.3 is 4.74 Å². The highest BCUT2D eigenvalue weighted by atomic mass is 32.1. The largest absolute Gasteiger partial charge is 0.464 e. The van der Waals surface area contributed by atoms with Crippen molar-refractivity contribution in [1.82, 2.24) is 9.97 Å². The number of alkyl halides is 1. The van der Waals surface area contributed by atoms with Crippen LogP contribution in [0.2, 0.25) is 0 Å². The van der Waals surface area contributed by atoms with E-state index in [2.05, 4.69) is 14.7 Å². The molecular formula is C14H17FN2O2S2. The van der Waals surface area contributed by atoms with Crippen molar-refractivity contribution in [2.24, 2.45) is 0 Å². The van der Waals surface area contributed by atoms with Gasteiger partial charge in [0.15, 0.2) is 15.7 Å². The molecular weight excluding hydrogens is 311 g/mol. The maximum absolute atomic E-state index is 12.6. The summed E-state index contributed by atoms with van der Waals surface area (Å²) >= 11 is 2.73. The number of ether oxygens (including phenoxy) is 1. The van der Waals surface area contributed by atoms with Crippen LogP contribution >= 0.6 is 22.7 Å². The molecule has 114 valence electrons. The molecule has 0 aliphatic carbocycles. The Labute approximate surface area is 131 Å². The van der Waals surface area contributed by atoms with Crippen molar-refractivity contribution in [2.75, 3.05) is 13.8 Å². The normalized spacial score (nSPS) is 10.8. The maximum Gasteiger partial charge on any atom is 0.358 e. The lowest BCUT2D eigenvalue weighted by molar-refractivity contribution is 0.0595. The zero-order valence-electron chi connectivity index (χ0n) is 12.3. The highest BCUT2D eigenvalue weighted by molar-refractivity contribution is 7.21. The lowest BCUT2D eigenvalue weighted by Gasteiger charge is -1.96. The number of nitrogens with zero attached hydrogens (tertiary/aromatic N) is 2. The number of hydrogen-bond acceptors (Lipinski definition) is 6. The van der Waals surface area contributed by atoms with Crippen LogP contribution < -0.4 is 0 Å². The molecule has 2 aromatic rings. The van der Waals surface area contributed by atoms with E-state index in [1.807, 2.05) is 19.2 Å². The van der Waals surface area contributed by atoms with E-state index in [-0.39, 0.29) is 5.69 Å². The SMILES string of the molecule is CC.COC(=O)c1nc(-c2nccs2)sc1/C=C(\C)CF. The second-order valence-electron chi connectivity index (χ2n) is 3.69. The van der Waals surface area contributed by atoms with Gasteiger partial charge in [-0.1, -0.05) is 13.8 Å². The number of carbonyl (C=O) groups excluding carboxylic acids is 1. The number of hydrogen-bond donors (Lipinski definition) is 0. The molecule has 0 unspecified atom stereocenters. The lowest BCUT2D eigenvalue weighted by atomic mass is 10.2. The first-order valence-electron chi connectivity index (χ1n) is 6.38. The summed E-state index contributed by atoms with van der Waals surface area (Å²) in [5, 5.41) is 3.19. The van der Waals surface area contributed by atoms with Gasteiger partial charge in [-0.15, -0.1) is 22.7 Å². The molecule has 2 aromatic heterocycles. The molecule has 0 aromatic carbocycles. The Morgan fingerprint density at radius 3 is 2.67 bits per heavy atom. The fourth-order valence-corrected chi connectivity index (χ4v) is 3.11.